The van der Waals surface area contributed by atoms with Gasteiger partial charge in [-0.25, -0.2) is 0 Å². The average molecular weight is 763 g/mol. The second-order valence-corrected chi connectivity index (χ2v) is 11.6. The molecule has 0 atom stereocenters. The summed E-state index contributed by atoms with van der Waals surface area (Å²) in [5.74, 6) is 2.36. The van der Waals surface area contributed by atoms with Crippen molar-refractivity contribution in [1.82, 2.24) is 10.2 Å². The molecule has 0 saturated carbocycles. The fourth-order valence-electron chi connectivity index (χ4n) is 4.62. The molecule has 54 heavy (non-hydrogen) atoms. The number of unbranched alkanes of at least 4 members (excludes halogenated alkanes) is 1. The molecule has 4 rings (SSSR count). The van der Waals surface area contributed by atoms with Crippen molar-refractivity contribution < 1.29 is 66.5 Å². The van der Waals surface area contributed by atoms with Gasteiger partial charge in [-0.2, -0.15) is 6.42 Å². The molecule has 2 aliphatic rings. The van der Waals surface area contributed by atoms with E-state index in [0.717, 1.165) is 43.4 Å². The van der Waals surface area contributed by atoms with Gasteiger partial charge in [-0.05, 0) is 90.9 Å². The van der Waals surface area contributed by atoms with E-state index in [1.54, 1.807) is 36.4 Å². The van der Waals surface area contributed by atoms with Gasteiger partial charge in [0.05, 0.1) is 42.7 Å². The van der Waals surface area contributed by atoms with Gasteiger partial charge >= 0.3 is 18.9 Å². The van der Waals surface area contributed by atoms with Crippen LogP contribution >= 0.6 is 11.6 Å². The number of allylic oxidation sites excluding steroid dienone is 1. The van der Waals surface area contributed by atoms with Gasteiger partial charge in [-0.3, -0.25) is 24.1 Å². The molecule has 2 aromatic carbocycles. The maximum Gasteiger partial charge on any atom is 1.00 e. The first kappa shape index (κ1) is 49.4. The van der Waals surface area contributed by atoms with Crippen LogP contribution in [0.5, 0.6) is 34.5 Å². The molecule has 2 heterocycles. The van der Waals surface area contributed by atoms with E-state index in [1.807, 2.05) is 0 Å². The molecule has 1 N–H and O–H groups in total. The van der Waals surface area contributed by atoms with E-state index in [0.29, 0.717) is 58.6 Å². The summed E-state index contributed by atoms with van der Waals surface area (Å²) in [5.41, 5.74) is 2.61. The predicted molar refractivity (Wildman–Crippen MR) is 208 cm³/mol. The van der Waals surface area contributed by atoms with Crippen molar-refractivity contribution in [3.8, 4) is 34.5 Å². The summed E-state index contributed by atoms with van der Waals surface area (Å²) in [5, 5.41) is 2.15. The van der Waals surface area contributed by atoms with Crippen LogP contribution in [0.4, 0.5) is 0 Å². The van der Waals surface area contributed by atoms with Crippen molar-refractivity contribution in [3.05, 3.63) is 78.8 Å². The second kappa shape index (κ2) is 27.0. The van der Waals surface area contributed by atoms with Gasteiger partial charge in [-0.15, -0.1) is 0 Å². The zero-order valence-electron chi connectivity index (χ0n) is 32.8. The molecule has 2 aromatic rings. The van der Waals surface area contributed by atoms with Gasteiger partial charge in [0.1, 0.15) is 0 Å². The Balaban J connectivity index is 0.000000809. The van der Waals surface area contributed by atoms with Crippen LogP contribution in [0.3, 0.4) is 0 Å². The van der Waals surface area contributed by atoms with Crippen molar-refractivity contribution in [2.45, 2.75) is 45.4 Å². The first-order valence-corrected chi connectivity index (χ1v) is 17.2. The molecule has 0 aromatic heterocycles. The smallest absolute Gasteiger partial charge is 0.493 e. The third-order valence-corrected chi connectivity index (χ3v) is 7.61. The monoisotopic (exact) mass is 762 g/mol. The number of methoxy groups -OCH3 is 6. The summed E-state index contributed by atoms with van der Waals surface area (Å²) >= 11 is 5.22. The Morgan fingerprint density at radius 3 is 1.54 bits per heavy atom. The number of nitrogens with zero attached hydrogens (tertiary/aromatic N) is 1. The van der Waals surface area contributed by atoms with E-state index in [-0.39, 0.29) is 36.6 Å². The van der Waals surface area contributed by atoms with Crippen LogP contribution in [0.2, 0.25) is 0 Å². The normalized spacial score (nSPS) is 13.5. The van der Waals surface area contributed by atoms with Crippen LogP contribution in [-0.2, 0) is 19.2 Å². The van der Waals surface area contributed by atoms with Crippen LogP contribution in [0.1, 0.15) is 56.6 Å². The third kappa shape index (κ3) is 16.2. The minimum atomic E-state index is -0.543. The number of benzene rings is 2. The van der Waals surface area contributed by atoms with E-state index in [4.69, 9.17) is 40.0 Å². The van der Waals surface area contributed by atoms with E-state index >= 15 is 0 Å². The van der Waals surface area contributed by atoms with Crippen LogP contribution in [0.25, 0.3) is 12.2 Å². The van der Waals surface area contributed by atoms with E-state index in [2.05, 4.69) is 32.3 Å². The largest absolute Gasteiger partial charge is 1.00 e. The molecule has 2 saturated heterocycles. The van der Waals surface area contributed by atoms with Crippen LogP contribution in [0.15, 0.2) is 60.7 Å². The Labute approximate surface area is 336 Å². The van der Waals surface area contributed by atoms with Crippen LogP contribution in [-0.4, -0.2) is 83.6 Å². The first-order valence-electron chi connectivity index (χ1n) is 16.8. The number of hydrogen-bond donors (Lipinski definition) is 1. The Hall–Kier alpha value is -4.63. The number of imide groups is 1. The minimum absolute atomic E-state index is 0. The molecule has 14 heteroatoms. The topological polar surface area (TPSA) is 139 Å². The molecule has 2 fully saturated rings. The third-order valence-electron chi connectivity index (χ3n) is 7.49. The molecular formula is C40H52ClLiN2O10. The Morgan fingerprint density at radius 2 is 1.20 bits per heavy atom. The van der Waals surface area contributed by atoms with Gasteiger partial charge < -0.3 is 40.7 Å². The maximum atomic E-state index is 12.2. The number of rotatable bonds is 11. The number of hydrogen-bond acceptors (Lipinski definition) is 10. The predicted octanol–water partition coefficient (Wildman–Crippen LogP) is 4.00. The van der Waals surface area contributed by atoms with E-state index in [9.17, 15) is 19.2 Å². The minimum Gasteiger partial charge on any atom is -0.493 e. The van der Waals surface area contributed by atoms with Crippen LogP contribution in [0, 0.1) is 6.92 Å². The standard InChI is InChI=1S/C18H21NO5.C12H13ClO4.C6H9NO.C4H9.Li/c1-12-6-5-9-19(18(12)21)16(20)8-7-13-10-14(22-2)17(24-4)15(11-13)23-3;1-15-9-6-8(4-5-11(13)14)7-10(16-2)12(9)17-3;1-5-3-2-4-7-6(5)8;1-3-4-2;/h7-8,10-11H,1,5-6,9H2,2-4H3;4-7H,1-3H3;1-4H2,(H,7,8);1,3-4H2,2H3;/q;;;-1;+1/b8-7+;5-4+;;;. The summed E-state index contributed by atoms with van der Waals surface area (Å²) in [4.78, 5) is 46.7. The van der Waals surface area contributed by atoms with Crippen molar-refractivity contribution in [2.75, 3.05) is 55.7 Å². The van der Waals surface area contributed by atoms with Crippen molar-refractivity contribution in [1.29, 1.82) is 0 Å². The number of amides is 3. The van der Waals surface area contributed by atoms with Crippen molar-refractivity contribution in [3.63, 3.8) is 0 Å². The molecule has 3 amide bonds. The molecule has 0 bridgehead atoms. The summed E-state index contributed by atoms with van der Waals surface area (Å²) in [7, 11) is 9.14. The number of piperidine rings is 2. The zero-order valence-corrected chi connectivity index (χ0v) is 33.6. The second-order valence-electron chi connectivity index (χ2n) is 11.2. The quantitative estimate of drug-likeness (QED) is 0.155. The van der Waals surface area contributed by atoms with Gasteiger partial charge in [-0.1, -0.05) is 26.5 Å². The van der Waals surface area contributed by atoms with Crippen molar-refractivity contribution in [2.24, 2.45) is 0 Å². The molecular weight excluding hydrogens is 711 g/mol. The Kier molecular flexibility index (Phi) is 24.7. The molecule has 0 radical (unpaired) electrons. The fourth-order valence-corrected chi connectivity index (χ4v) is 4.68. The Bertz CT molecular complexity index is 1570. The number of carbonyl (C=O) groups excluding carboxylic acids is 4. The molecule has 0 spiro atoms. The van der Waals surface area contributed by atoms with Crippen molar-refractivity contribution >= 4 is 46.7 Å². The average Bonchev–Trinajstić information content (AvgIpc) is 3.17. The van der Waals surface area contributed by atoms with E-state index in [1.165, 1.54) is 66.1 Å². The van der Waals surface area contributed by atoms with Gasteiger partial charge in [0.15, 0.2) is 23.0 Å². The number of ether oxygens (including phenoxy) is 6. The van der Waals surface area contributed by atoms with E-state index < -0.39 is 5.24 Å². The molecule has 2 aliphatic heterocycles. The molecule has 0 unspecified atom stereocenters. The molecule has 12 nitrogen and oxygen atoms in total. The number of halogens is 1. The number of carbonyl (C=O) groups is 4. The summed E-state index contributed by atoms with van der Waals surface area (Å²) in [6.45, 7) is 14.2. The zero-order chi connectivity index (χ0) is 39.9. The molecule has 0 aliphatic carbocycles. The summed E-state index contributed by atoms with van der Waals surface area (Å²) in [6.07, 6.45) is 11.4. The molecule has 290 valence electrons. The summed E-state index contributed by atoms with van der Waals surface area (Å²) in [6, 6.07) is 6.89. The first-order chi connectivity index (χ1) is 25.3. The van der Waals surface area contributed by atoms with Gasteiger partial charge in [0.25, 0.3) is 11.8 Å². The maximum absolute atomic E-state index is 12.2. The number of likely N-dealkylation sites (tertiary alicyclic amines) is 1. The number of nitrogens with one attached hydrogen (secondary N) is 1. The van der Waals surface area contributed by atoms with Gasteiger partial charge in [0.2, 0.25) is 22.6 Å². The Morgan fingerprint density at radius 1 is 0.778 bits per heavy atom. The van der Waals surface area contributed by atoms with Crippen LogP contribution < -0.4 is 52.6 Å². The fraction of sp³-hybridized carbons (Fsp3) is 0.375. The van der Waals surface area contributed by atoms with Gasteiger partial charge in [0, 0.05) is 30.3 Å². The summed E-state index contributed by atoms with van der Waals surface area (Å²) < 4.78 is 31.3. The SMILES string of the molecule is C=C1CCCN(C(=O)/C=C/c2cc(OC)c(OC)c(OC)c2)C1=O.C=C1CCCNC1=O.COc1cc(/C=C/C(=O)Cl)cc(OC)c1OC.[CH2-]CCC.[Li+].